The van der Waals surface area contributed by atoms with Crippen LogP contribution < -0.4 is 0 Å². The molecular formula is C23H25N5O. The number of aryl methyl sites for hydroxylation is 1. The molecule has 0 radical (unpaired) electrons. The molecule has 1 saturated heterocycles. The third-order valence-electron chi connectivity index (χ3n) is 5.99. The highest BCUT2D eigenvalue weighted by Gasteiger charge is 2.27. The summed E-state index contributed by atoms with van der Waals surface area (Å²) in [6.07, 6.45) is 8.52. The van der Waals surface area contributed by atoms with Crippen molar-refractivity contribution in [3.8, 4) is 0 Å². The summed E-state index contributed by atoms with van der Waals surface area (Å²) in [5, 5.41) is 9.94. The number of nitrogens with one attached hydrogen (secondary N) is 1. The largest absolute Gasteiger partial charge is 0.361 e. The van der Waals surface area contributed by atoms with Gasteiger partial charge in [-0.15, -0.1) is 10.2 Å². The van der Waals surface area contributed by atoms with Crippen LogP contribution in [0.4, 0.5) is 0 Å². The zero-order valence-electron chi connectivity index (χ0n) is 16.4. The molecule has 4 aromatic rings. The Labute approximate surface area is 169 Å². The minimum absolute atomic E-state index is 0.249. The normalized spacial score (nSPS) is 17.2. The summed E-state index contributed by atoms with van der Waals surface area (Å²) in [5.41, 5.74) is 3.32. The Balaban J connectivity index is 1.21. The van der Waals surface area contributed by atoms with Crippen molar-refractivity contribution in [2.75, 3.05) is 13.1 Å². The van der Waals surface area contributed by atoms with Gasteiger partial charge in [-0.25, -0.2) is 0 Å². The van der Waals surface area contributed by atoms with Crippen LogP contribution in [0.2, 0.25) is 0 Å². The fourth-order valence-corrected chi connectivity index (χ4v) is 4.48. The van der Waals surface area contributed by atoms with Gasteiger partial charge in [0.05, 0.1) is 0 Å². The average molecular weight is 387 g/mol. The standard InChI is InChI=1S/C23H25N5O/c29-22(12-5-7-17-15-24-20-10-2-1-9-19(17)20)27-13-6-8-18(16-27)23-26-25-21-11-3-4-14-28(21)23/h1-4,9-11,14-15,18,24H,5-8,12-13,16H2/t18-/m1/s1. The summed E-state index contributed by atoms with van der Waals surface area (Å²) < 4.78 is 2.05. The molecule has 1 aromatic carbocycles. The highest BCUT2D eigenvalue weighted by molar-refractivity contribution is 5.83. The lowest BCUT2D eigenvalue weighted by Gasteiger charge is -2.32. The predicted molar refractivity (Wildman–Crippen MR) is 113 cm³/mol. The van der Waals surface area contributed by atoms with E-state index < -0.39 is 0 Å². The van der Waals surface area contributed by atoms with Crippen molar-refractivity contribution in [2.24, 2.45) is 0 Å². The summed E-state index contributed by atoms with van der Waals surface area (Å²) >= 11 is 0. The van der Waals surface area contributed by atoms with Gasteiger partial charge in [0.1, 0.15) is 5.82 Å². The van der Waals surface area contributed by atoms with Crippen molar-refractivity contribution in [3.05, 3.63) is 66.2 Å². The maximum atomic E-state index is 12.8. The van der Waals surface area contributed by atoms with Crippen LogP contribution >= 0.6 is 0 Å². The first-order valence-corrected chi connectivity index (χ1v) is 10.4. The van der Waals surface area contributed by atoms with Gasteiger partial charge in [0.2, 0.25) is 5.91 Å². The highest BCUT2D eigenvalue weighted by atomic mass is 16.2. The van der Waals surface area contributed by atoms with Gasteiger partial charge in [-0.05, 0) is 49.4 Å². The first-order chi connectivity index (χ1) is 14.3. The number of aromatic nitrogens is 4. The smallest absolute Gasteiger partial charge is 0.222 e. The molecule has 29 heavy (non-hydrogen) atoms. The Morgan fingerprint density at radius 2 is 2.03 bits per heavy atom. The van der Waals surface area contributed by atoms with E-state index in [-0.39, 0.29) is 11.8 Å². The van der Waals surface area contributed by atoms with Gasteiger partial charge in [-0.1, -0.05) is 24.3 Å². The number of aromatic amines is 1. The molecule has 6 heteroatoms. The molecule has 1 atom stereocenters. The summed E-state index contributed by atoms with van der Waals surface area (Å²) in [6, 6.07) is 14.3. The summed E-state index contributed by atoms with van der Waals surface area (Å²) in [4.78, 5) is 18.2. The molecule has 0 saturated carbocycles. The highest BCUT2D eigenvalue weighted by Crippen LogP contribution is 2.27. The SMILES string of the molecule is O=C(CCCc1c[nH]c2ccccc12)N1CCC[C@@H](c2nnc3ccccn23)C1. The number of pyridine rings is 1. The number of fused-ring (bicyclic) bond motifs is 2. The van der Waals surface area contributed by atoms with Gasteiger partial charge in [-0.2, -0.15) is 0 Å². The maximum absolute atomic E-state index is 12.8. The van der Waals surface area contributed by atoms with Crippen LogP contribution in [0.1, 0.15) is 43.0 Å². The summed E-state index contributed by atoms with van der Waals surface area (Å²) in [6.45, 7) is 1.58. The number of amides is 1. The number of hydrogen-bond acceptors (Lipinski definition) is 3. The molecule has 4 heterocycles. The molecule has 1 fully saturated rings. The number of hydrogen-bond donors (Lipinski definition) is 1. The molecule has 0 unspecified atom stereocenters. The third kappa shape index (κ3) is 3.50. The van der Waals surface area contributed by atoms with Crippen molar-refractivity contribution >= 4 is 22.5 Å². The van der Waals surface area contributed by atoms with Crippen molar-refractivity contribution in [1.82, 2.24) is 24.5 Å². The second kappa shape index (κ2) is 7.70. The van der Waals surface area contributed by atoms with Gasteiger partial charge in [0.15, 0.2) is 5.65 Å². The number of rotatable bonds is 5. The van der Waals surface area contributed by atoms with Gasteiger partial charge in [-0.3, -0.25) is 9.20 Å². The molecule has 1 aliphatic rings. The topological polar surface area (TPSA) is 66.3 Å². The van der Waals surface area contributed by atoms with Crippen molar-refractivity contribution < 1.29 is 4.79 Å². The lowest BCUT2D eigenvalue weighted by Crippen LogP contribution is -2.39. The number of H-pyrrole nitrogens is 1. The molecule has 1 aliphatic heterocycles. The number of carbonyl (C=O) groups is 1. The lowest BCUT2D eigenvalue weighted by atomic mass is 9.96. The number of para-hydroxylation sites is 1. The minimum atomic E-state index is 0.249. The van der Waals surface area contributed by atoms with Crippen LogP contribution in [-0.2, 0) is 11.2 Å². The third-order valence-corrected chi connectivity index (χ3v) is 5.99. The Bertz CT molecular complexity index is 1140. The molecule has 1 amide bonds. The molecule has 1 N–H and O–H groups in total. The Morgan fingerprint density at radius 1 is 1.14 bits per heavy atom. The number of likely N-dealkylation sites (tertiary alicyclic amines) is 1. The zero-order chi connectivity index (χ0) is 19.6. The van der Waals surface area contributed by atoms with Crippen LogP contribution in [-0.4, -0.2) is 43.5 Å². The van der Waals surface area contributed by atoms with Crippen LogP contribution in [0.5, 0.6) is 0 Å². The molecule has 6 nitrogen and oxygen atoms in total. The van der Waals surface area contributed by atoms with Crippen LogP contribution in [0.25, 0.3) is 16.6 Å². The van der Waals surface area contributed by atoms with E-state index in [1.807, 2.05) is 35.4 Å². The summed E-state index contributed by atoms with van der Waals surface area (Å²) in [7, 11) is 0. The number of carbonyl (C=O) groups excluding carboxylic acids is 1. The van der Waals surface area contributed by atoms with Crippen LogP contribution in [0.3, 0.4) is 0 Å². The van der Waals surface area contributed by atoms with Crippen molar-refractivity contribution in [2.45, 2.75) is 38.0 Å². The molecule has 0 aliphatic carbocycles. The Kier molecular flexibility index (Phi) is 4.76. The molecule has 3 aromatic heterocycles. The minimum Gasteiger partial charge on any atom is -0.361 e. The zero-order valence-corrected chi connectivity index (χ0v) is 16.4. The van der Waals surface area contributed by atoms with Crippen molar-refractivity contribution in [3.63, 3.8) is 0 Å². The Morgan fingerprint density at radius 3 is 3.00 bits per heavy atom. The molecule has 0 spiro atoms. The average Bonchev–Trinajstić information content (AvgIpc) is 3.38. The second-order valence-corrected chi connectivity index (χ2v) is 7.88. The number of benzene rings is 1. The van der Waals surface area contributed by atoms with E-state index in [1.165, 1.54) is 10.9 Å². The fraction of sp³-hybridized carbons (Fsp3) is 0.348. The first kappa shape index (κ1) is 17.9. The monoisotopic (exact) mass is 387 g/mol. The summed E-state index contributed by atoms with van der Waals surface area (Å²) in [5.74, 6) is 1.47. The molecular weight excluding hydrogens is 362 g/mol. The van der Waals surface area contributed by atoms with Crippen LogP contribution in [0.15, 0.2) is 54.9 Å². The van der Waals surface area contributed by atoms with Gasteiger partial charge in [0, 0.05) is 48.7 Å². The van der Waals surface area contributed by atoms with E-state index in [9.17, 15) is 4.79 Å². The van der Waals surface area contributed by atoms with Gasteiger partial charge >= 0.3 is 0 Å². The number of piperidine rings is 1. The number of nitrogens with zero attached hydrogens (tertiary/aromatic N) is 4. The Hall–Kier alpha value is -3.15. The van der Waals surface area contributed by atoms with Crippen molar-refractivity contribution in [1.29, 1.82) is 0 Å². The van der Waals surface area contributed by atoms with E-state index in [0.29, 0.717) is 6.42 Å². The molecule has 0 bridgehead atoms. The van der Waals surface area contributed by atoms with Gasteiger partial charge < -0.3 is 9.88 Å². The van der Waals surface area contributed by atoms with E-state index in [4.69, 9.17) is 0 Å². The van der Waals surface area contributed by atoms with Crippen LogP contribution in [0, 0.1) is 0 Å². The van der Waals surface area contributed by atoms with E-state index in [2.05, 4.69) is 44.0 Å². The van der Waals surface area contributed by atoms with Gasteiger partial charge in [0.25, 0.3) is 0 Å². The quantitative estimate of drug-likeness (QED) is 0.564. The maximum Gasteiger partial charge on any atom is 0.222 e. The first-order valence-electron chi connectivity index (χ1n) is 10.4. The fourth-order valence-electron chi connectivity index (χ4n) is 4.48. The van der Waals surface area contributed by atoms with E-state index >= 15 is 0 Å². The molecule has 148 valence electrons. The predicted octanol–water partition coefficient (Wildman–Crippen LogP) is 3.94. The van der Waals surface area contributed by atoms with E-state index in [0.717, 1.165) is 55.8 Å². The second-order valence-electron chi connectivity index (χ2n) is 7.88. The lowest BCUT2D eigenvalue weighted by molar-refractivity contribution is -0.132. The molecule has 5 rings (SSSR count). The van der Waals surface area contributed by atoms with E-state index in [1.54, 1.807) is 0 Å².